The minimum Gasteiger partial charge on any atom is -0.493 e. The quantitative estimate of drug-likeness (QED) is 0.678. The molecule has 6 nitrogen and oxygen atoms in total. The largest absolute Gasteiger partial charge is 0.493 e. The zero-order valence-electron chi connectivity index (χ0n) is 11.7. The Hall–Kier alpha value is -2.21. The molecule has 0 aliphatic rings. The lowest BCUT2D eigenvalue weighted by atomic mass is 10.2. The molecule has 0 saturated carbocycles. The summed E-state index contributed by atoms with van der Waals surface area (Å²) < 4.78 is 17.8. The second-order valence-corrected chi connectivity index (χ2v) is 4.69. The van der Waals surface area contributed by atoms with E-state index in [0.29, 0.717) is 23.9 Å². The highest BCUT2D eigenvalue weighted by Gasteiger charge is 2.15. The summed E-state index contributed by atoms with van der Waals surface area (Å²) in [6, 6.07) is 5.53. The molecule has 1 aromatic carbocycles. The molecule has 3 rings (SSSR count). The number of imidazole rings is 1. The number of alkyl halides is 1. The van der Waals surface area contributed by atoms with Crippen molar-refractivity contribution in [1.82, 2.24) is 14.7 Å². The number of benzene rings is 1. The van der Waals surface area contributed by atoms with E-state index >= 15 is 0 Å². The van der Waals surface area contributed by atoms with Gasteiger partial charge in [0.15, 0.2) is 17.3 Å². The predicted octanol–water partition coefficient (Wildman–Crippen LogP) is 2.83. The van der Waals surface area contributed by atoms with Gasteiger partial charge < -0.3 is 18.6 Å². The van der Waals surface area contributed by atoms with Gasteiger partial charge in [0.1, 0.15) is 5.82 Å². The molecule has 110 valence electrons. The van der Waals surface area contributed by atoms with Crippen LogP contribution < -0.4 is 9.47 Å². The van der Waals surface area contributed by atoms with Crippen LogP contribution in [-0.2, 0) is 12.4 Å². The average Bonchev–Trinajstić information content (AvgIpc) is 3.14. The van der Waals surface area contributed by atoms with Crippen LogP contribution >= 0.6 is 11.6 Å². The number of halogens is 1. The molecule has 2 heterocycles. The molecule has 0 unspecified atom stereocenters. The molecule has 0 N–H and O–H groups in total. The van der Waals surface area contributed by atoms with Crippen molar-refractivity contribution < 1.29 is 14.0 Å². The molecule has 0 bridgehead atoms. The first-order valence-electron chi connectivity index (χ1n) is 6.33. The van der Waals surface area contributed by atoms with Gasteiger partial charge in [0.25, 0.3) is 0 Å². The number of ether oxygens (including phenoxy) is 2. The zero-order chi connectivity index (χ0) is 14.8. The van der Waals surface area contributed by atoms with Crippen molar-refractivity contribution in [2.75, 3.05) is 14.2 Å². The van der Waals surface area contributed by atoms with Crippen LogP contribution in [0.1, 0.15) is 11.6 Å². The van der Waals surface area contributed by atoms with E-state index < -0.39 is 0 Å². The number of hydrogen-bond acceptors (Lipinski definition) is 5. The molecule has 21 heavy (non-hydrogen) atoms. The topological polar surface area (TPSA) is 62.3 Å². The smallest absolute Gasteiger partial charge is 0.163 e. The summed E-state index contributed by atoms with van der Waals surface area (Å²) in [4.78, 5) is 4.53. The molecular weight excluding hydrogens is 294 g/mol. The minimum absolute atomic E-state index is 0.299. The fourth-order valence-electron chi connectivity index (χ4n) is 2.26. The van der Waals surface area contributed by atoms with Crippen LogP contribution in [0.4, 0.5) is 0 Å². The second kappa shape index (κ2) is 5.65. The van der Waals surface area contributed by atoms with E-state index in [1.54, 1.807) is 20.4 Å². The van der Waals surface area contributed by atoms with Gasteiger partial charge in [-0.1, -0.05) is 5.16 Å². The lowest BCUT2D eigenvalue weighted by Crippen LogP contribution is -2.03. The van der Waals surface area contributed by atoms with Crippen LogP contribution in [0.2, 0.25) is 0 Å². The van der Waals surface area contributed by atoms with Crippen LogP contribution in [0.15, 0.2) is 28.9 Å². The Morgan fingerprint density at radius 3 is 2.62 bits per heavy atom. The first kappa shape index (κ1) is 13.8. The maximum atomic E-state index is 6.00. The van der Waals surface area contributed by atoms with Gasteiger partial charge in [0.05, 0.1) is 43.9 Å². The summed E-state index contributed by atoms with van der Waals surface area (Å²) in [6.07, 6.45) is 1.61. The molecule has 7 heteroatoms. The van der Waals surface area contributed by atoms with Crippen LogP contribution in [0.25, 0.3) is 11.0 Å². The van der Waals surface area contributed by atoms with Gasteiger partial charge >= 0.3 is 0 Å². The van der Waals surface area contributed by atoms with Crippen LogP contribution in [-0.4, -0.2) is 28.9 Å². The van der Waals surface area contributed by atoms with Crippen LogP contribution in [0.5, 0.6) is 11.5 Å². The van der Waals surface area contributed by atoms with Gasteiger partial charge in [-0.2, -0.15) is 0 Å². The van der Waals surface area contributed by atoms with Gasteiger partial charge in [0.2, 0.25) is 0 Å². The summed E-state index contributed by atoms with van der Waals surface area (Å²) in [5, 5.41) is 3.71. The van der Waals surface area contributed by atoms with Crippen molar-refractivity contribution in [2.24, 2.45) is 0 Å². The van der Waals surface area contributed by atoms with Crippen molar-refractivity contribution in [3.05, 3.63) is 36.0 Å². The van der Waals surface area contributed by atoms with Gasteiger partial charge in [-0.05, 0) is 0 Å². The summed E-state index contributed by atoms with van der Waals surface area (Å²) >= 11 is 6.00. The van der Waals surface area contributed by atoms with Gasteiger partial charge in [-0.3, -0.25) is 0 Å². The van der Waals surface area contributed by atoms with E-state index in [2.05, 4.69) is 10.1 Å². The lowest BCUT2D eigenvalue weighted by Gasteiger charge is -2.09. The summed E-state index contributed by atoms with van der Waals surface area (Å²) in [7, 11) is 3.20. The highest BCUT2D eigenvalue weighted by Crippen LogP contribution is 2.33. The lowest BCUT2D eigenvalue weighted by molar-refractivity contribution is 0.355. The number of rotatable bonds is 5. The summed E-state index contributed by atoms with van der Waals surface area (Å²) in [6.45, 7) is 0.508. The first-order valence-corrected chi connectivity index (χ1v) is 6.87. The molecule has 0 aliphatic heterocycles. The normalized spacial score (nSPS) is 11.0. The molecule has 0 spiro atoms. The second-order valence-electron chi connectivity index (χ2n) is 4.42. The Balaban J connectivity index is 2.16. The molecule has 0 aliphatic carbocycles. The zero-order valence-corrected chi connectivity index (χ0v) is 12.4. The van der Waals surface area contributed by atoms with E-state index in [9.17, 15) is 0 Å². The minimum atomic E-state index is 0.299. The predicted molar refractivity (Wildman–Crippen MR) is 78.0 cm³/mol. The van der Waals surface area contributed by atoms with E-state index in [-0.39, 0.29) is 0 Å². The molecule has 0 atom stereocenters. The molecule has 0 fully saturated rings. The number of nitrogens with zero attached hydrogens (tertiary/aromatic N) is 3. The van der Waals surface area contributed by atoms with E-state index in [1.807, 2.05) is 22.8 Å². The molecule has 0 radical (unpaired) electrons. The van der Waals surface area contributed by atoms with Gasteiger partial charge in [0, 0.05) is 18.2 Å². The van der Waals surface area contributed by atoms with Crippen molar-refractivity contribution in [3.63, 3.8) is 0 Å². The molecule has 0 saturated heterocycles. The maximum absolute atomic E-state index is 6.00. The Morgan fingerprint density at radius 2 is 2.00 bits per heavy atom. The Morgan fingerprint density at radius 1 is 1.24 bits per heavy atom. The van der Waals surface area contributed by atoms with Crippen molar-refractivity contribution in [1.29, 1.82) is 0 Å². The number of methoxy groups -OCH3 is 2. The Kier molecular flexibility index (Phi) is 3.70. The standard InChI is InChI=1S/C14H14ClN3O3/c1-19-12-5-10-11(6-13(12)20-2)18(14(7-15)17-10)8-9-3-4-16-21-9/h3-6H,7-8H2,1-2H3. The van der Waals surface area contributed by atoms with Gasteiger partial charge in [-0.15, -0.1) is 11.6 Å². The van der Waals surface area contributed by atoms with E-state index in [0.717, 1.165) is 22.6 Å². The Bertz CT molecular complexity index is 753. The highest BCUT2D eigenvalue weighted by atomic mass is 35.5. The molecular formula is C14H14ClN3O3. The Labute approximate surface area is 126 Å². The highest BCUT2D eigenvalue weighted by molar-refractivity contribution is 6.16. The summed E-state index contributed by atoms with van der Waals surface area (Å²) in [5.41, 5.74) is 1.70. The van der Waals surface area contributed by atoms with Gasteiger partial charge in [-0.25, -0.2) is 4.98 Å². The third-order valence-corrected chi connectivity index (χ3v) is 3.50. The number of aromatic nitrogens is 3. The van der Waals surface area contributed by atoms with Crippen molar-refractivity contribution in [2.45, 2.75) is 12.4 Å². The van der Waals surface area contributed by atoms with Crippen molar-refractivity contribution in [3.8, 4) is 11.5 Å². The third-order valence-electron chi connectivity index (χ3n) is 3.26. The van der Waals surface area contributed by atoms with Crippen LogP contribution in [0.3, 0.4) is 0 Å². The van der Waals surface area contributed by atoms with Crippen molar-refractivity contribution >= 4 is 22.6 Å². The average molecular weight is 308 g/mol. The number of fused-ring (bicyclic) bond motifs is 1. The molecule has 2 aromatic heterocycles. The third kappa shape index (κ3) is 2.42. The van der Waals surface area contributed by atoms with Crippen LogP contribution in [0, 0.1) is 0 Å². The number of hydrogen-bond donors (Lipinski definition) is 0. The summed E-state index contributed by atoms with van der Waals surface area (Å²) in [5.74, 6) is 3.06. The molecule has 3 aromatic rings. The fourth-order valence-corrected chi connectivity index (χ4v) is 2.46. The molecule has 0 amide bonds. The van der Waals surface area contributed by atoms with E-state index in [1.165, 1.54) is 0 Å². The maximum Gasteiger partial charge on any atom is 0.163 e. The first-order chi connectivity index (χ1) is 10.3. The fraction of sp³-hybridized carbons (Fsp3) is 0.286. The monoisotopic (exact) mass is 307 g/mol. The van der Waals surface area contributed by atoms with E-state index in [4.69, 9.17) is 25.6 Å². The SMILES string of the molecule is COc1cc2nc(CCl)n(Cc3ccno3)c2cc1OC.